The molecule has 1 fully saturated rings. The molecule has 11 heteroatoms. The molecular formula is C25H24FN5O5. The fraction of sp³-hybridized carbons (Fsp3) is 0.320. The number of aromatic nitrogens is 2. The van der Waals surface area contributed by atoms with Crippen molar-refractivity contribution < 1.29 is 23.5 Å². The lowest BCUT2D eigenvalue weighted by atomic mass is 10.0. The highest BCUT2D eigenvalue weighted by molar-refractivity contribution is 6.08. The van der Waals surface area contributed by atoms with Crippen LogP contribution in [0.15, 0.2) is 41.6 Å². The minimum Gasteiger partial charge on any atom is -0.494 e. The van der Waals surface area contributed by atoms with Gasteiger partial charge in [0.25, 0.3) is 11.8 Å². The average molecular weight is 493 g/mol. The number of carbonyl (C=O) groups is 2. The third kappa shape index (κ3) is 4.01. The summed E-state index contributed by atoms with van der Waals surface area (Å²) in [6.07, 6.45) is 0.452. The Morgan fingerprint density at radius 1 is 1.11 bits per heavy atom. The van der Waals surface area contributed by atoms with E-state index in [1.54, 1.807) is 21.9 Å². The average Bonchev–Trinajstić information content (AvgIpc) is 3.24. The molecule has 0 spiro atoms. The number of benzene rings is 2. The van der Waals surface area contributed by atoms with Crippen LogP contribution < -0.4 is 14.5 Å². The second kappa shape index (κ2) is 9.50. The highest BCUT2D eigenvalue weighted by Crippen LogP contribution is 2.33. The Hall–Kier alpha value is -4.12. The van der Waals surface area contributed by atoms with E-state index in [4.69, 9.17) is 9.47 Å². The van der Waals surface area contributed by atoms with Gasteiger partial charge in [-0.1, -0.05) is 5.18 Å². The number of morpholine rings is 1. The van der Waals surface area contributed by atoms with Crippen LogP contribution in [0.2, 0.25) is 0 Å². The first-order chi connectivity index (χ1) is 17.4. The van der Waals surface area contributed by atoms with Gasteiger partial charge in [-0.15, -0.1) is 0 Å². The van der Waals surface area contributed by atoms with Crippen LogP contribution in [0.5, 0.6) is 5.75 Å². The van der Waals surface area contributed by atoms with E-state index in [1.807, 2.05) is 19.1 Å². The molecule has 0 atom stereocenters. The predicted molar refractivity (Wildman–Crippen MR) is 129 cm³/mol. The van der Waals surface area contributed by atoms with E-state index in [1.165, 1.54) is 23.9 Å². The Bertz CT molecular complexity index is 1370. The second-order valence-corrected chi connectivity index (χ2v) is 8.57. The fourth-order valence-corrected chi connectivity index (χ4v) is 4.72. The maximum absolute atomic E-state index is 14.5. The highest BCUT2D eigenvalue weighted by Gasteiger charge is 2.34. The maximum atomic E-state index is 14.5. The number of carbonyl (C=O) groups excluding carboxylic acids is 2. The Morgan fingerprint density at radius 2 is 1.92 bits per heavy atom. The first kappa shape index (κ1) is 23.6. The molecule has 1 aromatic heterocycles. The minimum absolute atomic E-state index is 0.0441. The molecule has 2 amide bonds. The SMILES string of the molecule is COc1ccc(-n2nc(CN=O)c3c2C(=O)N(c2ccc(N4CCOCC4=O)c(C)c2)CC3)cc1F. The van der Waals surface area contributed by atoms with E-state index < -0.39 is 5.82 Å². The van der Waals surface area contributed by atoms with Gasteiger partial charge < -0.3 is 19.3 Å². The number of methoxy groups -OCH3 is 1. The summed E-state index contributed by atoms with van der Waals surface area (Å²) in [5.74, 6) is -0.968. The lowest BCUT2D eigenvalue weighted by molar-refractivity contribution is -0.125. The van der Waals surface area contributed by atoms with Crippen molar-refractivity contribution in [3.8, 4) is 11.4 Å². The van der Waals surface area contributed by atoms with Crippen LogP contribution in [-0.2, 0) is 22.5 Å². The first-order valence-electron chi connectivity index (χ1n) is 11.5. The minimum atomic E-state index is -0.599. The van der Waals surface area contributed by atoms with Crippen LogP contribution in [0.3, 0.4) is 0 Å². The number of halogens is 1. The molecule has 3 aromatic rings. The van der Waals surface area contributed by atoms with Crippen molar-refractivity contribution >= 4 is 23.2 Å². The van der Waals surface area contributed by atoms with Gasteiger partial charge in [0.2, 0.25) is 0 Å². The summed E-state index contributed by atoms with van der Waals surface area (Å²) >= 11 is 0. The van der Waals surface area contributed by atoms with E-state index in [-0.39, 0.29) is 36.4 Å². The molecule has 2 aliphatic heterocycles. The van der Waals surface area contributed by atoms with Gasteiger partial charge in [0.1, 0.15) is 18.8 Å². The number of fused-ring (bicyclic) bond motifs is 1. The lowest BCUT2D eigenvalue weighted by Gasteiger charge is -2.31. The topological polar surface area (TPSA) is 106 Å². The first-order valence-corrected chi connectivity index (χ1v) is 11.5. The maximum Gasteiger partial charge on any atom is 0.277 e. The van der Waals surface area contributed by atoms with Crippen LogP contribution >= 0.6 is 0 Å². The second-order valence-electron chi connectivity index (χ2n) is 8.57. The smallest absolute Gasteiger partial charge is 0.277 e. The van der Waals surface area contributed by atoms with Crippen LogP contribution in [0.25, 0.3) is 5.69 Å². The van der Waals surface area contributed by atoms with Gasteiger partial charge in [-0.05, 0) is 49.2 Å². The molecule has 36 heavy (non-hydrogen) atoms. The number of anilines is 2. The predicted octanol–water partition coefficient (Wildman–Crippen LogP) is 3.16. The summed E-state index contributed by atoms with van der Waals surface area (Å²) in [5, 5.41) is 7.39. The van der Waals surface area contributed by atoms with Crippen molar-refractivity contribution in [1.29, 1.82) is 0 Å². The van der Waals surface area contributed by atoms with E-state index in [0.717, 1.165) is 11.3 Å². The molecule has 0 unspecified atom stereocenters. The molecule has 186 valence electrons. The summed E-state index contributed by atoms with van der Waals surface area (Å²) in [5.41, 5.74) is 3.88. The summed E-state index contributed by atoms with van der Waals surface area (Å²) in [4.78, 5) is 40.4. The quantitative estimate of drug-likeness (QED) is 0.489. The number of nitroso groups, excluding NO2 is 1. The van der Waals surface area contributed by atoms with Crippen LogP contribution in [0, 0.1) is 17.6 Å². The number of hydrogen-bond donors (Lipinski definition) is 0. The third-order valence-electron chi connectivity index (χ3n) is 6.46. The van der Waals surface area contributed by atoms with Gasteiger partial charge in [-0.25, -0.2) is 9.07 Å². The lowest BCUT2D eigenvalue weighted by Crippen LogP contribution is -2.42. The summed E-state index contributed by atoms with van der Waals surface area (Å²) < 4.78 is 26.0. The zero-order chi connectivity index (χ0) is 25.4. The van der Waals surface area contributed by atoms with Crippen molar-refractivity contribution in [2.24, 2.45) is 5.18 Å². The monoisotopic (exact) mass is 493 g/mol. The van der Waals surface area contributed by atoms with Gasteiger partial charge in [0.05, 0.1) is 25.1 Å². The van der Waals surface area contributed by atoms with Gasteiger partial charge in [0.15, 0.2) is 11.6 Å². The van der Waals surface area contributed by atoms with E-state index in [9.17, 15) is 18.9 Å². The van der Waals surface area contributed by atoms with E-state index in [2.05, 4.69) is 10.3 Å². The zero-order valence-electron chi connectivity index (χ0n) is 19.9. The van der Waals surface area contributed by atoms with Crippen molar-refractivity contribution in [2.45, 2.75) is 19.9 Å². The van der Waals surface area contributed by atoms with Crippen LogP contribution in [0.1, 0.15) is 27.3 Å². The Kier molecular flexibility index (Phi) is 6.23. The molecule has 0 radical (unpaired) electrons. The van der Waals surface area contributed by atoms with Gasteiger partial charge >= 0.3 is 0 Å². The number of amides is 2. The molecule has 2 aliphatic rings. The summed E-state index contributed by atoms with van der Waals surface area (Å²) in [6.45, 7) is 3.05. The van der Waals surface area contributed by atoms with Crippen molar-refractivity contribution in [2.75, 3.05) is 43.2 Å². The number of aryl methyl sites for hydroxylation is 1. The van der Waals surface area contributed by atoms with E-state index in [0.29, 0.717) is 48.7 Å². The molecular weight excluding hydrogens is 469 g/mol. The molecule has 3 heterocycles. The highest BCUT2D eigenvalue weighted by atomic mass is 19.1. The molecule has 1 saturated heterocycles. The largest absolute Gasteiger partial charge is 0.494 e. The molecule has 5 rings (SSSR count). The normalized spacial score (nSPS) is 15.8. The number of ether oxygens (including phenoxy) is 2. The van der Waals surface area contributed by atoms with Gasteiger partial charge in [-0.3, -0.25) is 9.59 Å². The number of hydrogen-bond acceptors (Lipinski definition) is 7. The van der Waals surface area contributed by atoms with Crippen LogP contribution in [0.4, 0.5) is 15.8 Å². The third-order valence-corrected chi connectivity index (χ3v) is 6.46. The van der Waals surface area contributed by atoms with Crippen molar-refractivity contribution in [3.05, 3.63) is 69.6 Å². The molecule has 2 aromatic carbocycles. The molecule has 10 nitrogen and oxygen atoms in total. The summed E-state index contributed by atoms with van der Waals surface area (Å²) in [7, 11) is 1.37. The standard InChI is InChI=1S/C25H24FN5O5/c1-15-11-16(3-5-21(15)30-9-10-36-14-23(30)32)29-8-7-18-20(13-27-34)28-31(24(18)25(29)33)17-4-6-22(35-2)19(26)12-17/h3-6,11-12H,7-10,13-14H2,1-2H3. The molecule has 0 saturated carbocycles. The van der Waals surface area contributed by atoms with E-state index >= 15 is 0 Å². The molecule has 0 aliphatic carbocycles. The zero-order valence-corrected chi connectivity index (χ0v) is 19.9. The number of nitrogens with zero attached hydrogens (tertiary/aromatic N) is 5. The Balaban J connectivity index is 1.52. The summed E-state index contributed by atoms with van der Waals surface area (Å²) in [6, 6.07) is 9.77. The molecule has 0 N–H and O–H groups in total. The Morgan fingerprint density at radius 3 is 2.61 bits per heavy atom. The fourth-order valence-electron chi connectivity index (χ4n) is 4.72. The van der Waals surface area contributed by atoms with Crippen molar-refractivity contribution in [1.82, 2.24) is 9.78 Å². The van der Waals surface area contributed by atoms with Gasteiger partial charge in [0, 0.05) is 36.1 Å². The van der Waals surface area contributed by atoms with Crippen molar-refractivity contribution in [3.63, 3.8) is 0 Å². The van der Waals surface area contributed by atoms with Gasteiger partial charge in [-0.2, -0.15) is 10.0 Å². The Labute approximate surface area is 206 Å². The number of rotatable bonds is 6. The molecule has 0 bridgehead atoms. The van der Waals surface area contributed by atoms with Crippen LogP contribution in [-0.4, -0.2) is 55.0 Å².